The molecule has 0 amide bonds. The largest absolute Gasteiger partial charge is 0.507 e. The van der Waals surface area contributed by atoms with Crippen molar-refractivity contribution in [2.45, 2.75) is 50.9 Å². The highest BCUT2D eigenvalue weighted by Gasteiger charge is 2.31. The molecule has 2 aliphatic heterocycles. The number of likely N-dealkylation sites (tertiary alicyclic amines) is 2. The average molecular weight is 480 g/mol. The van der Waals surface area contributed by atoms with E-state index in [9.17, 15) is 23.4 Å². The molecule has 0 aliphatic carbocycles. The van der Waals surface area contributed by atoms with Gasteiger partial charge in [-0.1, -0.05) is 0 Å². The molecule has 1 atom stereocenters. The van der Waals surface area contributed by atoms with E-state index >= 15 is 0 Å². The minimum Gasteiger partial charge on any atom is -0.507 e. The number of alkyl halides is 3. The van der Waals surface area contributed by atoms with Crippen LogP contribution in [0.4, 0.5) is 19.0 Å². The zero-order chi connectivity index (χ0) is 24.3. The number of halogens is 3. The summed E-state index contributed by atoms with van der Waals surface area (Å²) < 4.78 is 38.6. The highest BCUT2D eigenvalue weighted by molar-refractivity contribution is 5.70. The maximum Gasteiger partial charge on any atom is 0.416 e. The summed E-state index contributed by atoms with van der Waals surface area (Å²) in [5.41, 5.74) is 0.386. The molecule has 34 heavy (non-hydrogen) atoms. The van der Waals surface area contributed by atoms with E-state index in [4.69, 9.17) is 0 Å². The number of aryl methyl sites for hydroxylation is 1. The fraction of sp³-hybridized carbons (Fsp3) is 0.583. The Kier molecular flexibility index (Phi) is 7.59. The van der Waals surface area contributed by atoms with Crippen LogP contribution in [0.1, 0.15) is 36.8 Å². The number of aliphatic hydroxyl groups is 1. The Labute approximate surface area is 197 Å². The first kappa shape index (κ1) is 24.7. The number of piperidine rings is 2. The van der Waals surface area contributed by atoms with Gasteiger partial charge in [-0.2, -0.15) is 13.2 Å². The Morgan fingerprint density at radius 2 is 1.76 bits per heavy atom. The van der Waals surface area contributed by atoms with Crippen LogP contribution in [-0.4, -0.2) is 81.6 Å². The molecule has 3 heterocycles. The Hall–Kier alpha value is -2.43. The highest BCUT2D eigenvalue weighted by Crippen LogP contribution is 2.36. The van der Waals surface area contributed by atoms with Crippen LogP contribution in [0, 0.1) is 6.92 Å². The first-order valence-electron chi connectivity index (χ1n) is 11.8. The predicted octanol–water partition coefficient (Wildman–Crippen LogP) is 3.51. The quantitative estimate of drug-likeness (QED) is 0.585. The van der Waals surface area contributed by atoms with Gasteiger partial charge < -0.3 is 25.3 Å². The van der Waals surface area contributed by atoms with Gasteiger partial charge in [0, 0.05) is 44.3 Å². The summed E-state index contributed by atoms with van der Waals surface area (Å²) in [5, 5.41) is 31.7. The van der Waals surface area contributed by atoms with Crippen molar-refractivity contribution in [3.8, 4) is 17.0 Å². The number of aromatic nitrogens is 2. The zero-order valence-electron chi connectivity index (χ0n) is 19.4. The number of nitrogens with one attached hydrogen (secondary N) is 1. The van der Waals surface area contributed by atoms with Crippen LogP contribution in [0.3, 0.4) is 0 Å². The minimum atomic E-state index is -4.52. The Morgan fingerprint density at radius 3 is 2.44 bits per heavy atom. The predicted molar refractivity (Wildman–Crippen MR) is 124 cm³/mol. The first-order valence-corrected chi connectivity index (χ1v) is 11.8. The van der Waals surface area contributed by atoms with Crippen LogP contribution in [0.5, 0.6) is 5.75 Å². The van der Waals surface area contributed by atoms with E-state index in [-0.39, 0.29) is 17.7 Å². The molecule has 2 aliphatic rings. The smallest absolute Gasteiger partial charge is 0.416 e. The van der Waals surface area contributed by atoms with Crippen LogP contribution in [0.2, 0.25) is 0 Å². The van der Waals surface area contributed by atoms with E-state index in [1.165, 1.54) is 6.07 Å². The van der Waals surface area contributed by atoms with Crippen molar-refractivity contribution >= 4 is 5.82 Å². The molecule has 186 valence electrons. The second-order valence-corrected chi connectivity index (χ2v) is 9.35. The number of aromatic hydroxyl groups is 1. The SMILES string of the molecule is Cc1cc(N[C@@H]2CCCN(CCN3CCC(O)CC3)C2)nnc1-c1ccc(C(F)(F)F)cc1O. The fourth-order valence-electron chi connectivity index (χ4n) is 4.74. The molecular weight excluding hydrogens is 447 g/mol. The van der Waals surface area contributed by atoms with Crippen molar-refractivity contribution in [2.24, 2.45) is 0 Å². The van der Waals surface area contributed by atoms with E-state index in [1.807, 2.05) is 6.07 Å². The van der Waals surface area contributed by atoms with Crippen LogP contribution in [0.25, 0.3) is 11.3 Å². The van der Waals surface area contributed by atoms with Gasteiger partial charge in [-0.05, 0) is 69.0 Å². The van der Waals surface area contributed by atoms with Crippen LogP contribution >= 0.6 is 0 Å². The molecule has 0 radical (unpaired) electrons. The number of phenols is 1. The lowest BCUT2D eigenvalue weighted by Gasteiger charge is -2.36. The van der Waals surface area contributed by atoms with Crippen LogP contribution in [-0.2, 0) is 6.18 Å². The Bertz CT molecular complexity index is 980. The second kappa shape index (κ2) is 10.5. The van der Waals surface area contributed by atoms with E-state index in [0.29, 0.717) is 23.1 Å². The van der Waals surface area contributed by atoms with Crippen LogP contribution in [0.15, 0.2) is 24.3 Å². The number of hydrogen-bond donors (Lipinski definition) is 3. The third kappa shape index (κ3) is 6.17. The number of rotatable bonds is 6. The number of hydrogen-bond acceptors (Lipinski definition) is 7. The fourth-order valence-corrected chi connectivity index (χ4v) is 4.74. The van der Waals surface area contributed by atoms with E-state index < -0.39 is 17.5 Å². The van der Waals surface area contributed by atoms with E-state index in [0.717, 1.165) is 71.0 Å². The number of aliphatic hydroxyl groups excluding tert-OH is 1. The second-order valence-electron chi connectivity index (χ2n) is 9.35. The molecule has 2 aromatic rings. The molecule has 0 unspecified atom stereocenters. The molecule has 4 rings (SSSR count). The van der Waals surface area contributed by atoms with Gasteiger partial charge in [-0.15, -0.1) is 10.2 Å². The number of nitrogens with zero attached hydrogens (tertiary/aromatic N) is 4. The standard InChI is InChI=1S/C24H32F3N5O2/c1-16-13-22(29-30-23(16)20-5-4-17(14-21(20)34)24(25,26)27)28-18-3-2-8-32(15-18)12-11-31-9-6-19(33)7-10-31/h4-5,13-14,18-19,33-34H,2-3,6-12,15H2,1H3,(H,28,29)/t18-/m1/s1. The van der Waals surface area contributed by atoms with Gasteiger partial charge >= 0.3 is 6.18 Å². The summed E-state index contributed by atoms with van der Waals surface area (Å²) in [5.74, 6) is 0.142. The van der Waals surface area contributed by atoms with E-state index in [2.05, 4.69) is 25.3 Å². The molecule has 1 aromatic carbocycles. The Balaban J connectivity index is 1.35. The monoisotopic (exact) mass is 479 g/mol. The lowest BCUT2D eigenvalue weighted by molar-refractivity contribution is -0.137. The molecule has 7 nitrogen and oxygen atoms in total. The Morgan fingerprint density at radius 1 is 1.03 bits per heavy atom. The van der Waals surface area contributed by atoms with Crippen molar-refractivity contribution in [1.29, 1.82) is 0 Å². The minimum absolute atomic E-state index is 0.154. The maximum absolute atomic E-state index is 12.9. The van der Waals surface area contributed by atoms with Gasteiger partial charge in [0.1, 0.15) is 11.6 Å². The topological polar surface area (TPSA) is 84.8 Å². The molecule has 0 saturated carbocycles. The lowest BCUT2D eigenvalue weighted by atomic mass is 10.0. The summed E-state index contributed by atoms with van der Waals surface area (Å²) in [4.78, 5) is 4.86. The normalized spacial score (nSPS) is 21.0. The molecule has 2 saturated heterocycles. The first-order chi connectivity index (χ1) is 16.2. The van der Waals surface area contributed by atoms with Gasteiger partial charge in [-0.3, -0.25) is 0 Å². The summed E-state index contributed by atoms with van der Waals surface area (Å²) in [7, 11) is 0. The molecule has 0 spiro atoms. The van der Waals surface area contributed by atoms with Crippen molar-refractivity contribution in [2.75, 3.05) is 44.6 Å². The third-order valence-corrected chi connectivity index (χ3v) is 6.71. The van der Waals surface area contributed by atoms with Gasteiger partial charge in [-0.25, -0.2) is 0 Å². The van der Waals surface area contributed by atoms with Gasteiger partial charge in [0.2, 0.25) is 0 Å². The number of phenolic OH excluding ortho intramolecular Hbond substituents is 1. The van der Waals surface area contributed by atoms with E-state index in [1.54, 1.807) is 6.92 Å². The summed E-state index contributed by atoms with van der Waals surface area (Å²) in [6.07, 6.45) is -0.868. The number of benzene rings is 1. The van der Waals surface area contributed by atoms with Crippen LogP contribution < -0.4 is 5.32 Å². The molecule has 0 bridgehead atoms. The lowest BCUT2D eigenvalue weighted by Crippen LogP contribution is -2.46. The van der Waals surface area contributed by atoms with Gasteiger partial charge in [0.15, 0.2) is 0 Å². The molecular formula is C24H32F3N5O2. The maximum atomic E-state index is 12.9. The highest BCUT2D eigenvalue weighted by atomic mass is 19.4. The van der Waals surface area contributed by atoms with Crippen molar-refractivity contribution in [3.63, 3.8) is 0 Å². The number of anilines is 1. The summed E-state index contributed by atoms with van der Waals surface area (Å²) >= 11 is 0. The summed E-state index contributed by atoms with van der Waals surface area (Å²) in [6.45, 7) is 7.66. The molecule has 3 N–H and O–H groups in total. The van der Waals surface area contributed by atoms with Crippen molar-refractivity contribution in [1.82, 2.24) is 20.0 Å². The molecule has 10 heteroatoms. The average Bonchev–Trinajstić information content (AvgIpc) is 2.79. The van der Waals surface area contributed by atoms with Gasteiger partial charge in [0.25, 0.3) is 0 Å². The summed E-state index contributed by atoms with van der Waals surface area (Å²) in [6, 6.07) is 4.92. The molecule has 2 fully saturated rings. The zero-order valence-corrected chi connectivity index (χ0v) is 19.4. The van der Waals surface area contributed by atoms with Crippen molar-refractivity contribution < 1.29 is 23.4 Å². The van der Waals surface area contributed by atoms with Gasteiger partial charge in [0.05, 0.1) is 17.4 Å². The third-order valence-electron chi connectivity index (χ3n) is 6.71. The molecule has 1 aromatic heterocycles. The van der Waals surface area contributed by atoms with Crippen molar-refractivity contribution in [3.05, 3.63) is 35.4 Å².